The molecule has 0 aromatic carbocycles. The van der Waals surface area contributed by atoms with E-state index in [1.807, 2.05) is 0 Å². The Morgan fingerprint density at radius 1 is 0.682 bits per heavy atom. The minimum atomic E-state index is -0.0503. The summed E-state index contributed by atoms with van der Waals surface area (Å²) in [6, 6.07) is 0. The number of unbranched alkanes of at least 4 members (excludes halogenated alkanes) is 1. The highest BCUT2D eigenvalue weighted by molar-refractivity contribution is 7.81. The van der Waals surface area contributed by atoms with Crippen molar-refractivity contribution in [1.82, 2.24) is 10.6 Å². The van der Waals surface area contributed by atoms with Crippen LogP contribution in [0.15, 0.2) is 0 Å². The first-order chi connectivity index (χ1) is 10.7. The summed E-state index contributed by atoms with van der Waals surface area (Å²) in [6.45, 7) is 3.99. The molecular formula is C14H28N2O4S2. The lowest BCUT2D eigenvalue weighted by molar-refractivity contribution is -0.119. The van der Waals surface area contributed by atoms with Gasteiger partial charge in [-0.2, -0.15) is 25.3 Å². The second kappa shape index (κ2) is 16.9. The molecule has 0 atom stereocenters. The highest BCUT2D eigenvalue weighted by Gasteiger charge is 1.97. The smallest absolute Gasteiger partial charge is 0.229 e. The Kier molecular flexibility index (Phi) is 16.6. The summed E-state index contributed by atoms with van der Waals surface area (Å²) < 4.78 is 10.9. The van der Waals surface area contributed by atoms with Crippen LogP contribution < -0.4 is 10.6 Å². The molecule has 0 rings (SSSR count). The second-order valence-electron chi connectivity index (χ2n) is 4.66. The van der Waals surface area contributed by atoms with Gasteiger partial charge in [-0.05, 0) is 25.7 Å². The molecule has 0 aliphatic rings. The van der Waals surface area contributed by atoms with E-state index in [9.17, 15) is 9.59 Å². The zero-order valence-electron chi connectivity index (χ0n) is 13.0. The van der Waals surface area contributed by atoms with Crippen molar-refractivity contribution in [3.63, 3.8) is 0 Å². The fourth-order valence-electron chi connectivity index (χ4n) is 1.53. The highest BCUT2D eigenvalue weighted by atomic mass is 32.1. The van der Waals surface area contributed by atoms with Gasteiger partial charge in [-0.1, -0.05) is 0 Å². The Morgan fingerprint density at radius 3 is 1.41 bits per heavy atom. The van der Waals surface area contributed by atoms with Crippen LogP contribution >= 0.6 is 25.3 Å². The number of hydrogen-bond donors (Lipinski definition) is 4. The predicted octanol–water partition coefficient (Wildman–Crippen LogP) is 0.672. The first kappa shape index (κ1) is 21.6. The molecule has 0 saturated carbocycles. The van der Waals surface area contributed by atoms with Crippen LogP contribution in [0, 0.1) is 0 Å². The summed E-state index contributed by atoms with van der Waals surface area (Å²) in [5.74, 6) is 0.349. The van der Waals surface area contributed by atoms with Crippen LogP contribution in [0.25, 0.3) is 0 Å². The molecule has 0 fully saturated rings. The number of amides is 2. The lowest BCUT2D eigenvalue weighted by atomic mass is 10.3. The summed E-state index contributed by atoms with van der Waals surface area (Å²) in [5.41, 5.74) is 0. The van der Waals surface area contributed by atoms with Crippen LogP contribution in [0.1, 0.15) is 25.7 Å². The van der Waals surface area contributed by atoms with E-state index >= 15 is 0 Å². The predicted molar refractivity (Wildman–Crippen MR) is 93.8 cm³/mol. The van der Waals surface area contributed by atoms with Crippen LogP contribution in [0.2, 0.25) is 0 Å². The first-order valence-electron chi connectivity index (χ1n) is 7.61. The molecule has 130 valence electrons. The van der Waals surface area contributed by atoms with Crippen LogP contribution in [-0.4, -0.2) is 62.8 Å². The van der Waals surface area contributed by atoms with Gasteiger partial charge >= 0.3 is 0 Å². The average molecular weight is 353 g/mol. The van der Waals surface area contributed by atoms with Gasteiger partial charge < -0.3 is 20.1 Å². The largest absolute Gasteiger partial charge is 0.381 e. The van der Waals surface area contributed by atoms with Crippen LogP contribution in [0.4, 0.5) is 0 Å². The van der Waals surface area contributed by atoms with Crippen molar-refractivity contribution in [1.29, 1.82) is 0 Å². The molecule has 8 heteroatoms. The summed E-state index contributed by atoms with van der Waals surface area (Å²) in [6.07, 6.45) is 3.54. The minimum absolute atomic E-state index is 0.0503. The highest BCUT2D eigenvalue weighted by Crippen LogP contribution is 1.93. The van der Waals surface area contributed by atoms with E-state index in [4.69, 9.17) is 9.47 Å². The summed E-state index contributed by atoms with van der Waals surface area (Å²) in [4.78, 5) is 21.8. The van der Waals surface area contributed by atoms with E-state index in [1.165, 1.54) is 0 Å². The van der Waals surface area contributed by atoms with Gasteiger partial charge in [0, 0.05) is 39.5 Å². The lowest BCUT2D eigenvalue weighted by Gasteiger charge is -2.07. The number of carbonyl (C=O) groups excluding carboxylic acids is 2. The number of thiol groups is 2. The lowest BCUT2D eigenvalue weighted by Crippen LogP contribution is -2.26. The Labute approximate surface area is 143 Å². The van der Waals surface area contributed by atoms with Crippen LogP contribution in [0.5, 0.6) is 0 Å². The fraction of sp³-hybridized carbons (Fsp3) is 0.857. The Morgan fingerprint density at radius 2 is 1.05 bits per heavy atom. The molecule has 0 spiro atoms. The van der Waals surface area contributed by atoms with Crippen molar-refractivity contribution >= 4 is 37.1 Å². The first-order valence-corrected chi connectivity index (χ1v) is 8.87. The molecule has 0 aromatic rings. The number of carbonyl (C=O) groups is 2. The Hall–Kier alpha value is -0.440. The van der Waals surface area contributed by atoms with Gasteiger partial charge in [0.05, 0.1) is 11.5 Å². The van der Waals surface area contributed by atoms with E-state index in [1.54, 1.807) is 0 Å². The van der Waals surface area contributed by atoms with E-state index in [-0.39, 0.29) is 23.3 Å². The van der Waals surface area contributed by atoms with Gasteiger partial charge in [0.1, 0.15) is 0 Å². The molecule has 2 amide bonds. The van der Waals surface area contributed by atoms with Gasteiger partial charge in [0.25, 0.3) is 0 Å². The monoisotopic (exact) mass is 352 g/mol. The zero-order valence-corrected chi connectivity index (χ0v) is 14.8. The van der Waals surface area contributed by atoms with E-state index < -0.39 is 0 Å². The van der Waals surface area contributed by atoms with Crippen molar-refractivity contribution in [2.75, 3.05) is 51.0 Å². The van der Waals surface area contributed by atoms with Crippen molar-refractivity contribution in [2.24, 2.45) is 0 Å². The SMILES string of the molecule is O=C(CS)NCCCOCCCCOCCCNC(=O)CS. The van der Waals surface area contributed by atoms with Crippen molar-refractivity contribution in [3.05, 3.63) is 0 Å². The molecule has 2 N–H and O–H groups in total. The molecular weight excluding hydrogens is 324 g/mol. The number of rotatable bonds is 15. The van der Waals surface area contributed by atoms with E-state index in [2.05, 4.69) is 35.9 Å². The third-order valence-electron chi connectivity index (χ3n) is 2.69. The summed E-state index contributed by atoms with van der Waals surface area (Å²) >= 11 is 7.74. The van der Waals surface area contributed by atoms with Gasteiger partial charge in [-0.15, -0.1) is 0 Å². The number of hydrogen-bond acceptors (Lipinski definition) is 6. The third kappa shape index (κ3) is 15.9. The Balaban J connectivity index is 3.05. The average Bonchev–Trinajstić information content (AvgIpc) is 2.54. The van der Waals surface area contributed by atoms with Crippen molar-refractivity contribution < 1.29 is 19.1 Å². The zero-order chi connectivity index (χ0) is 16.5. The molecule has 0 aromatic heterocycles. The van der Waals surface area contributed by atoms with Crippen LogP contribution in [-0.2, 0) is 19.1 Å². The summed E-state index contributed by atoms with van der Waals surface area (Å²) in [5, 5.41) is 5.47. The molecule has 0 aliphatic carbocycles. The summed E-state index contributed by atoms with van der Waals surface area (Å²) in [7, 11) is 0. The van der Waals surface area contributed by atoms with Gasteiger partial charge in [-0.25, -0.2) is 0 Å². The third-order valence-corrected chi connectivity index (χ3v) is 3.26. The molecule has 0 heterocycles. The van der Waals surface area contributed by atoms with Crippen molar-refractivity contribution in [2.45, 2.75) is 25.7 Å². The minimum Gasteiger partial charge on any atom is -0.381 e. The topological polar surface area (TPSA) is 76.7 Å². The second-order valence-corrected chi connectivity index (χ2v) is 5.29. The van der Waals surface area contributed by atoms with E-state index in [0.29, 0.717) is 39.5 Å². The molecule has 22 heavy (non-hydrogen) atoms. The van der Waals surface area contributed by atoms with E-state index in [0.717, 1.165) is 25.7 Å². The molecule has 0 saturated heterocycles. The molecule has 0 radical (unpaired) electrons. The van der Waals surface area contributed by atoms with Gasteiger partial charge in [-0.3, -0.25) is 9.59 Å². The molecule has 6 nitrogen and oxygen atoms in total. The van der Waals surface area contributed by atoms with Gasteiger partial charge in [0.15, 0.2) is 0 Å². The maximum Gasteiger partial charge on any atom is 0.229 e. The standard InChI is InChI=1S/C14H28N2O4S2/c17-13(11-21)15-5-3-9-19-7-1-2-8-20-10-4-6-16-14(18)12-22/h21-22H,1-12H2,(H,15,17)(H,16,18). The number of ether oxygens (including phenoxy) is 2. The fourth-order valence-corrected chi connectivity index (χ4v) is 1.75. The van der Waals surface area contributed by atoms with Gasteiger partial charge in [0.2, 0.25) is 11.8 Å². The number of nitrogens with one attached hydrogen (secondary N) is 2. The Bertz CT molecular complexity index is 266. The maximum absolute atomic E-state index is 10.9. The normalized spacial score (nSPS) is 10.5. The maximum atomic E-state index is 10.9. The molecule has 0 unspecified atom stereocenters. The quantitative estimate of drug-likeness (QED) is 0.258. The van der Waals surface area contributed by atoms with Crippen LogP contribution in [0.3, 0.4) is 0 Å². The molecule has 0 bridgehead atoms. The van der Waals surface area contributed by atoms with Crippen molar-refractivity contribution in [3.8, 4) is 0 Å². The molecule has 0 aliphatic heterocycles.